The number of Topliss-reactive ketones (excluding diaryl/α,β-unsaturated/α-hetero) is 1. The van der Waals surface area contributed by atoms with Gasteiger partial charge in [-0.2, -0.15) is 12.6 Å². The minimum atomic E-state index is 0.150. The molecule has 1 amide bonds. The maximum atomic E-state index is 11.9. The average Bonchev–Trinajstić information content (AvgIpc) is 3.12. The highest BCUT2D eigenvalue weighted by Gasteiger charge is 2.21. The third-order valence-electron chi connectivity index (χ3n) is 5.04. The van der Waals surface area contributed by atoms with Crippen LogP contribution in [0, 0.1) is 5.92 Å². The molecular weight excluding hydrogens is 318 g/mol. The van der Waals surface area contributed by atoms with Crippen molar-refractivity contribution in [3.05, 3.63) is 0 Å². The van der Waals surface area contributed by atoms with E-state index >= 15 is 0 Å². The summed E-state index contributed by atoms with van der Waals surface area (Å²) in [5.41, 5.74) is 0. The van der Waals surface area contributed by atoms with E-state index in [-0.39, 0.29) is 5.91 Å². The lowest BCUT2D eigenvalue weighted by molar-refractivity contribution is -0.124. The van der Waals surface area contributed by atoms with Crippen LogP contribution in [0.5, 0.6) is 0 Å². The predicted octanol–water partition coefficient (Wildman–Crippen LogP) is 5.08. The summed E-state index contributed by atoms with van der Waals surface area (Å²) in [6.07, 6.45) is 16.5. The lowest BCUT2D eigenvalue weighted by Gasteiger charge is -2.08. The SMILES string of the molecule is O=C(CCCCCCCCCCS)NCCCC(=O)C1CCCC1. The molecule has 1 saturated carbocycles. The van der Waals surface area contributed by atoms with E-state index in [1.54, 1.807) is 0 Å². The number of thiol groups is 1. The molecule has 0 aliphatic heterocycles. The van der Waals surface area contributed by atoms with Crippen LogP contribution in [0.2, 0.25) is 0 Å². The Balaban J connectivity index is 1.83. The third-order valence-corrected chi connectivity index (χ3v) is 5.36. The van der Waals surface area contributed by atoms with E-state index in [4.69, 9.17) is 0 Å². The van der Waals surface area contributed by atoms with Crippen LogP contribution in [0.15, 0.2) is 0 Å². The van der Waals surface area contributed by atoms with Gasteiger partial charge in [-0.25, -0.2) is 0 Å². The molecule has 4 heteroatoms. The van der Waals surface area contributed by atoms with Crippen LogP contribution in [0.3, 0.4) is 0 Å². The molecule has 1 N–H and O–H groups in total. The van der Waals surface area contributed by atoms with Crippen LogP contribution >= 0.6 is 12.6 Å². The van der Waals surface area contributed by atoms with Crippen molar-refractivity contribution in [3.8, 4) is 0 Å². The Kier molecular flexibility index (Phi) is 13.3. The fourth-order valence-corrected chi connectivity index (χ4v) is 3.71. The van der Waals surface area contributed by atoms with Crippen molar-refractivity contribution in [2.75, 3.05) is 12.3 Å². The minimum absolute atomic E-state index is 0.150. The maximum absolute atomic E-state index is 11.9. The molecule has 1 rings (SSSR count). The van der Waals surface area contributed by atoms with Gasteiger partial charge in [0.05, 0.1) is 0 Å². The Morgan fingerprint density at radius 3 is 2.00 bits per heavy atom. The Bertz CT molecular complexity index is 341. The third kappa shape index (κ3) is 11.1. The van der Waals surface area contributed by atoms with Gasteiger partial charge < -0.3 is 5.32 Å². The van der Waals surface area contributed by atoms with Crippen molar-refractivity contribution in [2.45, 2.75) is 96.3 Å². The molecule has 0 heterocycles. The molecular formula is C20H37NO2S. The molecule has 24 heavy (non-hydrogen) atoms. The van der Waals surface area contributed by atoms with Crippen molar-refractivity contribution in [1.82, 2.24) is 5.32 Å². The summed E-state index contributed by atoms with van der Waals surface area (Å²) in [6, 6.07) is 0. The first-order chi connectivity index (χ1) is 11.7. The first-order valence-corrected chi connectivity index (χ1v) is 10.8. The molecule has 1 aliphatic carbocycles. The molecule has 0 aromatic rings. The van der Waals surface area contributed by atoms with Gasteiger partial charge in [-0.1, -0.05) is 51.4 Å². The normalized spacial score (nSPS) is 14.9. The van der Waals surface area contributed by atoms with E-state index in [2.05, 4.69) is 17.9 Å². The lowest BCUT2D eigenvalue weighted by Crippen LogP contribution is -2.25. The second-order valence-corrected chi connectivity index (χ2v) is 7.65. The molecule has 0 bridgehead atoms. The monoisotopic (exact) mass is 355 g/mol. The van der Waals surface area contributed by atoms with Gasteiger partial charge in [0, 0.05) is 25.3 Å². The number of nitrogens with one attached hydrogen (secondary N) is 1. The Hall–Kier alpha value is -0.510. The first kappa shape index (κ1) is 21.5. The number of hydrogen-bond acceptors (Lipinski definition) is 3. The predicted molar refractivity (Wildman–Crippen MR) is 105 cm³/mol. The summed E-state index contributed by atoms with van der Waals surface area (Å²) in [5, 5.41) is 2.96. The van der Waals surface area contributed by atoms with Crippen LogP contribution in [0.1, 0.15) is 96.3 Å². The summed E-state index contributed by atoms with van der Waals surface area (Å²) in [7, 11) is 0. The van der Waals surface area contributed by atoms with Crippen molar-refractivity contribution in [1.29, 1.82) is 0 Å². The van der Waals surface area contributed by atoms with Crippen LogP contribution in [0.25, 0.3) is 0 Å². The van der Waals surface area contributed by atoms with Gasteiger partial charge >= 0.3 is 0 Å². The Morgan fingerprint density at radius 2 is 1.38 bits per heavy atom. The van der Waals surface area contributed by atoms with Crippen LogP contribution in [-0.4, -0.2) is 24.0 Å². The fraction of sp³-hybridized carbons (Fsp3) is 0.900. The molecule has 0 atom stereocenters. The quantitative estimate of drug-likeness (QED) is 0.318. The largest absolute Gasteiger partial charge is 0.356 e. The maximum Gasteiger partial charge on any atom is 0.219 e. The molecule has 0 aromatic heterocycles. The average molecular weight is 356 g/mol. The zero-order valence-corrected chi connectivity index (χ0v) is 16.3. The molecule has 0 spiro atoms. The number of amides is 1. The summed E-state index contributed by atoms with van der Waals surface area (Å²) in [4.78, 5) is 23.7. The second-order valence-electron chi connectivity index (χ2n) is 7.20. The molecule has 1 fully saturated rings. The van der Waals surface area contributed by atoms with Crippen LogP contribution < -0.4 is 5.32 Å². The highest BCUT2D eigenvalue weighted by Crippen LogP contribution is 2.26. The van der Waals surface area contributed by atoms with Crippen LogP contribution in [-0.2, 0) is 9.59 Å². The number of carbonyl (C=O) groups excluding carboxylic acids is 2. The smallest absolute Gasteiger partial charge is 0.219 e. The van der Waals surface area contributed by atoms with Crippen molar-refractivity contribution >= 4 is 24.3 Å². The number of unbranched alkanes of at least 4 members (excludes halogenated alkanes) is 7. The standard InChI is InChI=1S/C20H37NO2S/c22-19(18-12-8-9-13-18)14-11-16-21-20(23)15-7-5-3-1-2-4-6-10-17-24/h18,24H,1-17H2,(H,21,23). The molecule has 0 saturated heterocycles. The molecule has 1 aliphatic rings. The molecule has 0 unspecified atom stereocenters. The summed E-state index contributed by atoms with van der Waals surface area (Å²) in [6.45, 7) is 0.655. The van der Waals surface area contributed by atoms with E-state index in [1.807, 2.05) is 0 Å². The molecule has 0 radical (unpaired) electrons. The van der Waals surface area contributed by atoms with Gasteiger partial charge in [-0.05, 0) is 37.9 Å². The first-order valence-electron chi connectivity index (χ1n) is 10.1. The van der Waals surface area contributed by atoms with E-state index in [1.165, 1.54) is 51.4 Å². The van der Waals surface area contributed by atoms with E-state index < -0.39 is 0 Å². The van der Waals surface area contributed by atoms with E-state index in [0.29, 0.717) is 31.1 Å². The molecule has 140 valence electrons. The fourth-order valence-electron chi connectivity index (χ4n) is 3.49. The summed E-state index contributed by atoms with van der Waals surface area (Å²) in [5.74, 6) is 1.89. The van der Waals surface area contributed by atoms with Gasteiger partial charge in [0.2, 0.25) is 5.91 Å². The molecule has 0 aromatic carbocycles. The van der Waals surface area contributed by atoms with E-state index in [0.717, 1.165) is 37.9 Å². The Labute approximate surface area is 154 Å². The topological polar surface area (TPSA) is 46.2 Å². The number of rotatable bonds is 15. The van der Waals surface area contributed by atoms with Gasteiger partial charge in [0.1, 0.15) is 5.78 Å². The van der Waals surface area contributed by atoms with Gasteiger partial charge in [-0.15, -0.1) is 0 Å². The van der Waals surface area contributed by atoms with Crippen LogP contribution in [0.4, 0.5) is 0 Å². The molecule has 3 nitrogen and oxygen atoms in total. The van der Waals surface area contributed by atoms with Gasteiger partial charge in [-0.3, -0.25) is 9.59 Å². The van der Waals surface area contributed by atoms with Gasteiger partial charge in [0.15, 0.2) is 0 Å². The second kappa shape index (κ2) is 14.8. The Morgan fingerprint density at radius 1 is 0.792 bits per heavy atom. The zero-order chi connectivity index (χ0) is 17.5. The zero-order valence-electron chi connectivity index (χ0n) is 15.4. The summed E-state index contributed by atoms with van der Waals surface area (Å²) < 4.78 is 0. The minimum Gasteiger partial charge on any atom is -0.356 e. The van der Waals surface area contributed by atoms with Gasteiger partial charge in [0.25, 0.3) is 0 Å². The lowest BCUT2D eigenvalue weighted by atomic mass is 9.99. The highest BCUT2D eigenvalue weighted by molar-refractivity contribution is 7.80. The highest BCUT2D eigenvalue weighted by atomic mass is 32.1. The van der Waals surface area contributed by atoms with Crippen molar-refractivity contribution < 1.29 is 9.59 Å². The van der Waals surface area contributed by atoms with Crippen molar-refractivity contribution in [2.24, 2.45) is 5.92 Å². The number of hydrogen-bond donors (Lipinski definition) is 2. The van der Waals surface area contributed by atoms with Crippen molar-refractivity contribution in [3.63, 3.8) is 0 Å². The number of ketones is 1. The summed E-state index contributed by atoms with van der Waals surface area (Å²) >= 11 is 4.22. The van der Waals surface area contributed by atoms with E-state index in [9.17, 15) is 9.59 Å². The number of carbonyl (C=O) groups is 2.